The average molecular weight is 409 g/mol. The minimum Gasteiger partial charge on any atom is -0.497 e. The summed E-state index contributed by atoms with van der Waals surface area (Å²) < 4.78 is 11.2. The zero-order chi connectivity index (χ0) is 20.9. The first-order valence-corrected chi connectivity index (χ1v) is 10.4. The fourth-order valence-electron chi connectivity index (χ4n) is 3.98. The van der Waals surface area contributed by atoms with Crippen LogP contribution in [0.3, 0.4) is 0 Å². The molecule has 0 unspecified atom stereocenters. The Balaban J connectivity index is 1.48. The van der Waals surface area contributed by atoms with Crippen molar-refractivity contribution in [2.45, 2.75) is 25.4 Å². The lowest BCUT2D eigenvalue weighted by Gasteiger charge is -2.38. The third-order valence-electron chi connectivity index (χ3n) is 5.49. The number of likely N-dealkylation sites (tertiary alicyclic amines) is 1. The van der Waals surface area contributed by atoms with E-state index >= 15 is 0 Å². The molecule has 0 bridgehead atoms. The van der Waals surface area contributed by atoms with E-state index < -0.39 is 6.10 Å². The van der Waals surface area contributed by atoms with Crippen molar-refractivity contribution in [2.24, 2.45) is 0 Å². The molecular formula is C23H27N3O4. The SMILES string of the molecule is COc1cccc(NC(=O)CN2C[C@H](C(=O)N3CCCCC3)Oc3ccccc32)c1. The molecule has 1 N–H and O–H groups in total. The highest BCUT2D eigenvalue weighted by Crippen LogP contribution is 2.33. The number of ether oxygens (including phenoxy) is 2. The summed E-state index contributed by atoms with van der Waals surface area (Å²) in [6, 6.07) is 14.8. The number of methoxy groups -OCH3 is 1. The number of nitrogens with one attached hydrogen (secondary N) is 1. The van der Waals surface area contributed by atoms with Crippen molar-refractivity contribution in [2.75, 3.05) is 43.5 Å². The van der Waals surface area contributed by atoms with Gasteiger partial charge in [-0.25, -0.2) is 0 Å². The third-order valence-corrected chi connectivity index (χ3v) is 5.49. The monoisotopic (exact) mass is 409 g/mol. The Morgan fingerprint density at radius 3 is 2.70 bits per heavy atom. The Bertz CT molecular complexity index is 911. The van der Waals surface area contributed by atoms with Gasteiger partial charge in [0.2, 0.25) is 5.91 Å². The van der Waals surface area contributed by atoms with Gasteiger partial charge in [-0.15, -0.1) is 0 Å². The molecule has 2 heterocycles. The van der Waals surface area contributed by atoms with Gasteiger partial charge >= 0.3 is 0 Å². The van der Waals surface area contributed by atoms with Gasteiger partial charge in [-0.2, -0.15) is 0 Å². The van der Waals surface area contributed by atoms with E-state index in [1.165, 1.54) is 0 Å². The Labute approximate surface area is 176 Å². The van der Waals surface area contributed by atoms with Crippen molar-refractivity contribution in [1.82, 2.24) is 4.90 Å². The van der Waals surface area contributed by atoms with Crippen LogP contribution in [-0.2, 0) is 9.59 Å². The molecule has 7 heteroatoms. The smallest absolute Gasteiger partial charge is 0.265 e. The molecule has 0 saturated carbocycles. The molecule has 7 nitrogen and oxygen atoms in total. The van der Waals surface area contributed by atoms with Crippen molar-refractivity contribution >= 4 is 23.2 Å². The molecule has 1 fully saturated rings. The van der Waals surface area contributed by atoms with Crippen LogP contribution < -0.4 is 19.7 Å². The van der Waals surface area contributed by atoms with Crippen LogP contribution >= 0.6 is 0 Å². The van der Waals surface area contributed by atoms with Crippen molar-refractivity contribution in [3.05, 3.63) is 48.5 Å². The van der Waals surface area contributed by atoms with Crippen LogP contribution in [0.4, 0.5) is 11.4 Å². The van der Waals surface area contributed by atoms with Gasteiger partial charge in [-0.05, 0) is 43.5 Å². The summed E-state index contributed by atoms with van der Waals surface area (Å²) in [6.07, 6.45) is 2.61. The van der Waals surface area contributed by atoms with E-state index in [2.05, 4.69) is 5.32 Å². The van der Waals surface area contributed by atoms with E-state index in [0.717, 1.165) is 38.0 Å². The van der Waals surface area contributed by atoms with E-state index in [0.29, 0.717) is 23.7 Å². The molecule has 1 atom stereocenters. The largest absolute Gasteiger partial charge is 0.497 e. The quantitative estimate of drug-likeness (QED) is 0.822. The van der Waals surface area contributed by atoms with Gasteiger partial charge in [0, 0.05) is 24.8 Å². The molecule has 4 rings (SSSR count). The standard InChI is InChI=1S/C23H27N3O4/c1-29-18-9-7-8-17(14-18)24-22(27)16-26-15-21(23(28)25-12-5-2-6-13-25)30-20-11-4-3-10-19(20)26/h3-4,7-11,14,21H,2,5-6,12-13,15-16H2,1H3,(H,24,27)/t21-/m1/s1. The zero-order valence-corrected chi connectivity index (χ0v) is 17.2. The van der Waals surface area contributed by atoms with Crippen molar-refractivity contribution in [3.8, 4) is 11.5 Å². The number of benzene rings is 2. The molecule has 158 valence electrons. The van der Waals surface area contributed by atoms with Gasteiger partial charge in [0.05, 0.1) is 25.9 Å². The molecule has 0 aliphatic carbocycles. The molecular weight excluding hydrogens is 382 g/mol. The third kappa shape index (κ3) is 4.50. The number of hydrogen-bond donors (Lipinski definition) is 1. The number of fused-ring (bicyclic) bond motifs is 1. The number of anilines is 2. The van der Waals surface area contributed by atoms with Crippen LogP contribution in [0.5, 0.6) is 11.5 Å². The van der Waals surface area contributed by atoms with Gasteiger partial charge in [-0.1, -0.05) is 18.2 Å². The van der Waals surface area contributed by atoms with E-state index in [9.17, 15) is 9.59 Å². The summed E-state index contributed by atoms with van der Waals surface area (Å²) in [7, 11) is 1.59. The molecule has 2 amide bonds. The fourth-order valence-corrected chi connectivity index (χ4v) is 3.98. The first-order valence-electron chi connectivity index (χ1n) is 10.4. The Hall–Kier alpha value is -3.22. The van der Waals surface area contributed by atoms with Crippen molar-refractivity contribution in [3.63, 3.8) is 0 Å². The second-order valence-electron chi connectivity index (χ2n) is 7.62. The Morgan fingerprint density at radius 2 is 1.90 bits per heavy atom. The topological polar surface area (TPSA) is 71.1 Å². The summed E-state index contributed by atoms with van der Waals surface area (Å²) in [6.45, 7) is 2.02. The lowest BCUT2D eigenvalue weighted by Crippen LogP contribution is -2.52. The number of carbonyl (C=O) groups excluding carboxylic acids is 2. The lowest BCUT2D eigenvalue weighted by molar-refractivity contribution is -0.139. The Morgan fingerprint density at radius 1 is 1.10 bits per heavy atom. The molecule has 2 aliphatic rings. The predicted octanol–water partition coefficient (Wildman–Crippen LogP) is 2.91. The van der Waals surface area contributed by atoms with Crippen LogP contribution in [-0.4, -0.2) is 56.1 Å². The second-order valence-corrected chi connectivity index (χ2v) is 7.62. The van der Waals surface area contributed by atoms with Crippen molar-refractivity contribution < 1.29 is 19.1 Å². The number of piperidine rings is 1. The van der Waals surface area contributed by atoms with Crippen LogP contribution in [0, 0.1) is 0 Å². The van der Waals surface area contributed by atoms with E-state index in [1.54, 1.807) is 13.2 Å². The summed E-state index contributed by atoms with van der Waals surface area (Å²) in [5.74, 6) is 1.15. The summed E-state index contributed by atoms with van der Waals surface area (Å²) in [5.41, 5.74) is 1.49. The van der Waals surface area contributed by atoms with Gasteiger partial charge in [0.1, 0.15) is 11.5 Å². The van der Waals surface area contributed by atoms with Gasteiger partial charge in [0.25, 0.3) is 5.91 Å². The number of para-hydroxylation sites is 2. The molecule has 30 heavy (non-hydrogen) atoms. The minimum atomic E-state index is -0.609. The summed E-state index contributed by atoms with van der Waals surface area (Å²) >= 11 is 0. The average Bonchev–Trinajstić information content (AvgIpc) is 2.79. The fraction of sp³-hybridized carbons (Fsp3) is 0.391. The van der Waals surface area contributed by atoms with E-state index in [-0.39, 0.29) is 18.4 Å². The van der Waals surface area contributed by atoms with Crippen LogP contribution in [0.2, 0.25) is 0 Å². The van der Waals surface area contributed by atoms with Crippen molar-refractivity contribution in [1.29, 1.82) is 0 Å². The minimum absolute atomic E-state index is 0.00223. The van der Waals surface area contributed by atoms with Gasteiger partial charge in [0.15, 0.2) is 6.10 Å². The highest BCUT2D eigenvalue weighted by Gasteiger charge is 2.34. The molecule has 1 saturated heterocycles. The normalized spacial score (nSPS) is 18.2. The maximum atomic E-state index is 13.0. The maximum Gasteiger partial charge on any atom is 0.265 e. The number of hydrogen-bond acceptors (Lipinski definition) is 5. The second kappa shape index (κ2) is 9.07. The Kier molecular flexibility index (Phi) is 6.07. The predicted molar refractivity (Wildman–Crippen MR) is 115 cm³/mol. The van der Waals surface area contributed by atoms with Crippen LogP contribution in [0.25, 0.3) is 0 Å². The first kappa shape index (κ1) is 20.1. The first-order chi connectivity index (χ1) is 14.6. The number of nitrogens with zero attached hydrogens (tertiary/aromatic N) is 2. The number of rotatable bonds is 5. The molecule has 0 radical (unpaired) electrons. The van der Waals surface area contributed by atoms with E-state index in [4.69, 9.17) is 9.47 Å². The molecule has 2 aromatic carbocycles. The van der Waals surface area contributed by atoms with Gasteiger partial charge < -0.3 is 24.6 Å². The molecule has 0 spiro atoms. The summed E-state index contributed by atoms with van der Waals surface area (Å²) in [5, 5.41) is 2.91. The summed E-state index contributed by atoms with van der Waals surface area (Å²) in [4.78, 5) is 29.6. The maximum absolute atomic E-state index is 13.0. The highest BCUT2D eigenvalue weighted by atomic mass is 16.5. The highest BCUT2D eigenvalue weighted by molar-refractivity contribution is 5.95. The lowest BCUT2D eigenvalue weighted by atomic mass is 10.1. The molecule has 0 aromatic heterocycles. The van der Waals surface area contributed by atoms with E-state index in [1.807, 2.05) is 52.3 Å². The zero-order valence-electron chi connectivity index (χ0n) is 17.2. The number of amides is 2. The number of carbonyl (C=O) groups is 2. The molecule has 2 aliphatic heterocycles. The molecule has 2 aromatic rings. The van der Waals surface area contributed by atoms with Crippen LogP contribution in [0.15, 0.2) is 48.5 Å². The van der Waals surface area contributed by atoms with Crippen LogP contribution in [0.1, 0.15) is 19.3 Å². The van der Waals surface area contributed by atoms with Gasteiger partial charge in [-0.3, -0.25) is 9.59 Å².